The summed E-state index contributed by atoms with van der Waals surface area (Å²) in [5.74, 6) is -1.55. The third kappa shape index (κ3) is 9.24. The van der Waals surface area contributed by atoms with E-state index in [0.29, 0.717) is 29.4 Å². The third-order valence-corrected chi connectivity index (χ3v) is 7.39. The summed E-state index contributed by atoms with van der Waals surface area (Å²) in [7, 11) is -1.56. The second-order valence-corrected chi connectivity index (χ2v) is 11.1. The number of nitrogens with one attached hydrogen (secondary N) is 3. The van der Waals surface area contributed by atoms with Crippen LogP contribution in [0.3, 0.4) is 0 Å². The molecular weight excluding hydrogens is 594 g/mol. The molecule has 4 rings (SSSR count). The number of H-pyrrole nitrogens is 2. The van der Waals surface area contributed by atoms with Crippen molar-refractivity contribution >= 4 is 44.9 Å². The van der Waals surface area contributed by atoms with Gasteiger partial charge in [0, 0.05) is 18.2 Å². The van der Waals surface area contributed by atoms with Gasteiger partial charge in [0.05, 0.1) is 24.5 Å². The van der Waals surface area contributed by atoms with Crippen molar-refractivity contribution in [3.05, 3.63) is 87.3 Å². The number of carbonyl (C=O) groups is 3. The molecule has 2 aromatic carbocycles. The molecule has 234 valence electrons. The summed E-state index contributed by atoms with van der Waals surface area (Å²) < 4.78 is 38.8. The molecule has 2 aromatic heterocycles. The number of amides is 1. The standard InChI is InChI=1S/C22H25N5O6.C7H8O3S/c1-32-16(28)10-9-15(21(31)33-2)25-19(29)13-6-3-12(4-7-13)5-8-14-11-24-18-17(14)20(30)27-22(23)26-18;1-6-2-4-7(5-3-6)11(8,9)10/h3-4,6-7,11,15H,5,8-10H2,1-2H3,(H,25,29)(H4,23,24,26,27,30);2-5H,1H3,(H,8,9,10)/t15-;/m0./s1. The highest BCUT2D eigenvalue weighted by Gasteiger charge is 2.23. The number of carbonyl (C=O) groups excluding carboxylic acids is 3. The highest BCUT2D eigenvalue weighted by molar-refractivity contribution is 7.85. The lowest BCUT2D eigenvalue weighted by molar-refractivity contribution is -0.144. The Balaban J connectivity index is 0.000000404. The summed E-state index contributed by atoms with van der Waals surface area (Å²) in [5, 5.41) is 3.06. The van der Waals surface area contributed by atoms with Crippen LogP contribution in [0.2, 0.25) is 0 Å². The number of hydrogen-bond acceptors (Lipinski definition) is 10. The molecule has 0 aliphatic carbocycles. The quantitative estimate of drug-likeness (QED) is 0.126. The van der Waals surface area contributed by atoms with Crippen molar-refractivity contribution in [2.75, 3.05) is 20.0 Å². The maximum absolute atomic E-state index is 12.6. The molecule has 44 heavy (non-hydrogen) atoms. The smallest absolute Gasteiger partial charge is 0.328 e. The monoisotopic (exact) mass is 627 g/mol. The van der Waals surface area contributed by atoms with E-state index in [0.717, 1.165) is 16.7 Å². The first-order valence-corrected chi connectivity index (χ1v) is 14.7. The van der Waals surface area contributed by atoms with E-state index in [-0.39, 0.29) is 23.7 Å². The number of hydrogen-bond donors (Lipinski definition) is 5. The van der Waals surface area contributed by atoms with E-state index in [1.165, 1.54) is 26.4 Å². The Bertz CT molecular complexity index is 1780. The SMILES string of the molecule is COC(=O)CC[C@H](NC(=O)c1ccc(CCc2c[nH]c3[nH]c(N)nc(=O)c23)cc1)C(=O)OC.Cc1ccc(S(=O)(=O)O)cc1. The van der Waals surface area contributed by atoms with Crippen LogP contribution in [0.5, 0.6) is 0 Å². The van der Waals surface area contributed by atoms with E-state index >= 15 is 0 Å². The van der Waals surface area contributed by atoms with Gasteiger partial charge in [0.2, 0.25) is 5.95 Å². The first kappa shape index (κ1) is 33.5. The first-order chi connectivity index (χ1) is 20.8. The molecule has 15 heteroatoms. The molecule has 0 fully saturated rings. The number of aromatic amines is 2. The van der Waals surface area contributed by atoms with E-state index in [2.05, 4.69) is 25.0 Å². The minimum Gasteiger partial charge on any atom is -0.469 e. The Labute approximate surface area is 252 Å². The van der Waals surface area contributed by atoms with Gasteiger partial charge in [-0.25, -0.2) is 4.79 Å². The van der Waals surface area contributed by atoms with Crippen molar-refractivity contribution in [3.63, 3.8) is 0 Å². The third-order valence-electron chi connectivity index (χ3n) is 6.52. The highest BCUT2D eigenvalue weighted by Crippen LogP contribution is 2.16. The van der Waals surface area contributed by atoms with Gasteiger partial charge in [-0.2, -0.15) is 13.4 Å². The molecule has 0 bridgehead atoms. The molecule has 0 unspecified atom stereocenters. The molecule has 4 aromatic rings. The number of nitrogen functional groups attached to an aromatic ring is 1. The number of methoxy groups -OCH3 is 2. The molecule has 0 radical (unpaired) electrons. The van der Waals surface area contributed by atoms with Crippen molar-refractivity contribution in [1.29, 1.82) is 0 Å². The summed E-state index contributed by atoms with van der Waals surface area (Å²) in [6, 6.07) is 11.9. The lowest BCUT2D eigenvalue weighted by Crippen LogP contribution is -2.41. The van der Waals surface area contributed by atoms with E-state index in [9.17, 15) is 27.6 Å². The minimum atomic E-state index is -4.02. The molecule has 0 saturated heterocycles. The van der Waals surface area contributed by atoms with Gasteiger partial charge >= 0.3 is 11.9 Å². The van der Waals surface area contributed by atoms with Gasteiger partial charge in [-0.05, 0) is 61.6 Å². The Morgan fingerprint density at radius 1 is 1.02 bits per heavy atom. The second-order valence-electron chi connectivity index (χ2n) is 9.64. The molecule has 0 aliphatic rings. The lowest BCUT2D eigenvalue weighted by Gasteiger charge is -2.16. The summed E-state index contributed by atoms with van der Waals surface area (Å²) in [6.07, 6.45) is 2.98. The second kappa shape index (κ2) is 14.9. The van der Waals surface area contributed by atoms with Crippen molar-refractivity contribution in [2.45, 2.75) is 43.5 Å². The zero-order chi connectivity index (χ0) is 32.4. The van der Waals surface area contributed by atoms with Crippen molar-refractivity contribution in [2.24, 2.45) is 0 Å². The normalized spacial score (nSPS) is 11.6. The number of ether oxygens (including phenoxy) is 2. The molecule has 0 aliphatic heterocycles. The van der Waals surface area contributed by atoms with Crippen molar-refractivity contribution < 1.29 is 36.8 Å². The van der Waals surface area contributed by atoms with Crippen molar-refractivity contribution in [1.82, 2.24) is 20.3 Å². The predicted molar refractivity (Wildman–Crippen MR) is 160 cm³/mol. The number of anilines is 1. The molecule has 0 spiro atoms. The molecule has 2 heterocycles. The van der Waals surface area contributed by atoms with E-state index < -0.39 is 39.6 Å². The predicted octanol–water partition coefficient (Wildman–Crippen LogP) is 2.08. The van der Waals surface area contributed by atoms with Gasteiger partial charge in [-0.15, -0.1) is 0 Å². The van der Waals surface area contributed by atoms with Crippen LogP contribution >= 0.6 is 0 Å². The summed E-state index contributed by atoms with van der Waals surface area (Å²) in [4.78, 5) is 57.5. The fourth-order valence-corrected chi connectivity index (χ4v) is 4.61. The zero-order valence-corrected chi connectivity index (χ0v) is 25.1. The fraction of sp³-hybridized carbons (Fsp3) is 0.276. The number of nitrogens with two attached hydrogens (primary N) is 1. The minimum absolute atomic E-state index is 0.0335. The lowest BCUT2D eigenvalue weighted by atomic mass is 10.0. The number of fused-ring (bicyclic) bond motifs is 1. The maximum Gasteiger partial charge on any atom is 0.328 e. The molecule has 14 nitrogen and oxygen atoms in total. The number of aryl methyl sites for hydroxylation is 3. The largest absolute Gasteiger partial charge is 0.469 e. The number of benzene rings is 2. The van der Waals surface area contributed by atoms with Crippen LogP contribution in [0.15, 0.2) is 64.4 Å². The molecule has 1 amide bonds. The topological polar surface area (TPSA) is 224 Å². The number of aromatic nitrogens is 3. The number of nitrogens with zero attached hydrogens (tertiary/aromatic N) is 1. The van der Waals surface area contributed by atoms with Crippen LogP contribution in [-0.4, -0.2) is 66.0 Å². The number of rotatable bonds is 10. The van der Waals surface area contributed by atoms with Crippen LogP contribution in [0, 0.1) is 6.92 Å². The molecular formula is C29H33N5O9S. The van der Waals surface area contributed by atoms with E-state index in [1.54, 1.807) is 42.6 Å². The zero-order valence-electron chi connectivity index (χ0n) is 24.2. The number of esters is 2. The van der Waals surface area contributed by atoms with Gasteiger partial charge < -0.3 is 30.5 Å². The Hall–Kier alpha value is -5.02. The Morgan fingerprint density at radius 2 is 1.68 bits per heavy atom. The maximum atomic E-state index is 12.6. The average Bonchev–Trinajstić information content (AvgIpc) is 3.40. The van der Waals surface area contributed by atoms with Gasteiger partial charge in [0.1, 0.15) is 11.7 Å². The van der Waals surface area contributed by atoms with Crippen LogP contribution in [0.25, 0.3) is 11.0 Å². The van der Waals surface area contributed by atoms with Crippen LogP contribution in [0.1, 0.15) is 39.9 Å². The van der Waals surface area contributed by atoms with Gasteiger partial charge in [0.15, 0.2) is 0 Å². The fourth-order valence-electron chi connectivity index (χ4n) is 4.13. The molecule has 0 saturated carbocycles. The summed E-state index contributed by atoms with van der Waals surface area (Å²) in [5.41, 5.74) is 8.78. The molecule has 6 N–H and O–H groups in total. The highest BCUT2D eigenvalue weighted by atomic mass is 32.2. The average molecular weight is 628 g/mol. The van der Waals surface area contributed by atoms with Gasteiger partial charge in [-0.3, -0.25) is 18.9 Å². The van der Waals surface area contributed by atoms with Gasteiger partial charge in [-0.1, -0.05) is 29.8 Å². The Kier molecular flexibility index (Phi) is 11.4. The van der Waals surface area contributed by atoms with E-state index in [4.69, 9.17) is 15.0 Å². The summed E-state index contributed by atoms with van der Waals surface area (Å²) in [6.45, 7) is 1.84. The van der Waals surface area contributed by atoms with E-state index in [1.807, 2.05) is 6.92 Å². The van der Waals surface area contributed by atoms with Crippen molar-refractivity contribution in [3.8, 4) is 0 Å². The van der Waals surface area contributed by atoms with Gasteiger partial charge in [0.25, 0.3) is 21.6 Å². The first-order valence-electron chi connectivity index (χ1n) is 13.3. The molecule has 1 atom stereocenters. The van der Waals surface area contributed by atoms with Crippen LogP contribution in [0.4, 0.5) is 5.95 Å². The van der Waals surface area contributed by atoms with Crippen LogP contribution < -0.4 is 16.6 Å². The summed E-state index contributed by atoms with van der Waals surface area (Å²) >= 11 is 0. The van der Waals surface area contributed by atoms with Crippen LogP contribution in [-0.2, 0) is 42.0 Å². The Morgan fingerprint density at radius 3 is 2.27 bits per heavy atom.